The first-order valence-corrected chi connectivity index (χ1v) is 10.6. The monoisotopic (exact) mass is 417 g/mol. The van der Waals surface area contributed by atoms with Crippen LogP contribution in [0.15, 0.2) is 23.1 Å². The highest BCUT2D eigenvalue weighted by Crippen LogP contribution is 2.20. The molecule has 0 radical (unpaired) electrons. The summed E-state index contributed by atoms with van der Waals surface area (Å²) in [6.07, 6.45) is 1.34. The van der Waals surface area contributed by atoms with Crippen molar-refractivity contribution in [3.63, 3.8) is 0 Å². The largest absolute Gasteiger partial charge is 0.329 e. The number of quaternary nitrogens is 1. The molecule has 1 atom stereocenters. The molecule has 2 fully saturated rings. The van der Waals surface area contributed by atoms with Gasteiger partial charge >= 0.3 is 6.03 Å². The summed E-state index contributed by atoms with van der Waals surface area (Å²) in [5, 5.41) is 2.65. The number of benzene rings is 1. The van der Waals surface area contributed by atoms with Crippen LogP contribution >= 0.6 is 0 Å². The van der Waals surface area contributed by atoms with Crippen LogP contribution in [-0.2, 0) is 14.8 Å². The van der Waals surface area contributed by atoms with Crippen LogP contribution in [0.5, 0.6) is 0 Å². The quantitative estimate of drug-likeness (QED) is 0.613. The number of urea groups is 1. The number of piperazine rings is 1. The van der Waals surface area contributed by atoms with E-state index in [2.05, 4.69) is 5.32 Å². The van der Waals surface area contributed by atoms with Crippen molar-refractivity contribution < 1.29 is 31.7 Å². The molecule has 0 saturated carbocycles. The van der Waals surface area contributed by atoms with Crippen molar-refractivity contribution in [3.05, 3.63) is 29.8 Å². The topological polar surface area (TPSA) is 91.2 Å². The molecule has 0 unspecified atom stereocenters. The number of halogens is 2. The van der Waals surface area contributed by atoms with Crippen molar-refractivity contribution in [2.45, 2.75) is 30.7 Å². The van der Waals surface area contributed by atoms with Crippen LogP contribution < -0.4 is 10.2 Å². The van der Waals surface area contributed by atoms with Gasteiger partial charge in [-0.25, -0.2) is 26.9 Å². The minimum atomic E-state index is -4.16. The molecule has 0 aromatic heterocycles. The molecule has 2 N–H and O–H groups in total. The Morgan fingerprint density at radius 3 is 2.54 bits per heavy atom. The zero-order valence-electron chi connectivity index (χ0n) is 15.5. The fraction of sp³-hybridized carbons (Fsp3) is 0.529. The second kappa shape index (κ2) is 8.10. The maximum absolute atomic E-state index is 13.9. The fourth-order valence-electron chi connectivity index (χ4n) is 3.45. The lowest BCUT2D eigenvalue weighted by Gasteiger charge is -2.32. The lowest BCUT2D eigenvalue weighted by molar-refractivity contribution is -0.910. The molecule has 154 valence electrons. The third-order valence-electron chi connectivity index (χ3n) is 5.01. The molecule has 0 aliphatic carbocycles. The summed E-state index contributed by atoms with van der Waals surface area (Å²) < 4.78 is 53.6. The van der Waals surface area contributed by atoms with E-state index in [4.69, 9.17) is 0 Å². The molecule has 8 nitrogen and oxygen atoms in total. The number of amides is 3. The van der Waals surface area contributed by atoms with Gasteiger partial charge in [0.05, 0.1) is 26.2 Å². The average molecular weight is 417 g/mol. The first kappa shape index (κ1) is 20.6. The summed E-state index contributed by atoms with van der Waals surface area (Å²) in [6, 6.07) is 1.38. The summed E-state index contributed by atoms with van der Waals surface area (Å²) >= 11 is 0. The SMILES string of the molecule is CCC[C@@H]1NC(=O)N(C[NH+]2CCN(S(=O)(=O)c3cc(F)ccc3F)CC2)C1=O. The molecule has 3 rings (SSSR count). The lowest BCUT2D eigenvalue weighted by atomic mass is 10.2. The zero-order chi connectivity index (χ0) is 20.5. The van der Waals surface area contributed by atoms with E-state index in [0.717, 1.165) is 32.7 Å². The van der Waals surface area contributed by atoms with Gasteiger partial charge < -0.3 is 10.2 Å². The predicted octanol–water partition coefficient (Wildman–Crippen LogP) is -0.468. The van der Waals surface area contributed by atoms with Gasteiger partial charge in [0.15, 0.2) is 6.67 Å². The van der Waals surface area contributed by atoms with Gasteiger partial charge in [-0.2, -0.15) is 4.31 Å². The first-order valence-electron chi connectivity index (χ1n) is 9.14. The van der Waals surface area contributed by atoms with Gasteiger partial charge in [0.25, 0.3) is 5.91 Å². The molecule has 1 aromatic rings. The number of nitrogens with one attached hydrogen (secondary N) is 2. The van der Waals surface area contributed by atoms with E-state index in [9.17, 15) is 26.8 Å². The molecule has 0 bridgehead atoms. The number of carbonyl (C=O) groups is 2. The Morgan fingerprint density at radius 1 is 1.21 bits per heavy atom. The standard InChI is InChI=1S/C17H22F2N4O4S/c1-2-3-14-16(24)23(17(25)20-14)11-21-6-8-22(9-7-21)28(26,27)15-10-12(18)4-5-13(15)19/h4-5,10,14H,2-3,6-9,11H2,1H3,(H,20,25)/p+1/t14-/m0/s1. The number of imide groups is 1. The van der Waals surface area contributed by atoms with Gasteiger partial charge in [-0.1, -0.05) is 13.3 Å². The number of sulfonamides is 1. The molecular formula is C17H23F2N4O4S+. The Morgan fingerprint density at radius 2 is 1.89 bits per heavy atom. The number of hydrogen-bond acceptors (Lipinski definition) is 4. The molecule has 2 heterocycles. The van der Waals surface area contributed by atoms with Gasteiger partial charge in [0.2, 0.25) is 10.0 Å². The van der Waals surface area contributed by atoms with Crippen LogP contribution in [0.4, 0.5) is 13.6 Å². The summed E-state index contributed by atoms with van der Waals surface area (Å²) in [6.45, 7) is 2.91. The molecule has 2 aliphatic heterocycles. The van der Waals surface area contributed by atoms with E-state index in [1.165, 1.54) is 0 Å². The van der Waals surface area contributed by atoms with Crippen LogP contribution in [0, 0.1) is 11.6 Å². The van der Waals surface area contributed by atoms with E-state index in [0.29, 0.717) is 25.6 Å². The molecule has 2 aliphatic rings. The predicted molar refractivity (Wildman–Crippen MR) is 94.8 cm³/mol. The third-order valence-corrected chi connectivity index (χ3v) is 6.92. The van der Waals surface area contributed by atoms with Crippen LogP contribution in [-0.4, -0.2) is 68.5 Å². The smallest absolute Gasteiger partial charge is 0.326 e. The van der Waals surface area contributed by atoms with Crippen molar-refractivity contribution in [3.8, 4) is 0 Å². The minimum Gasteiger partial charge on any atom is -0.326 e. The van der Waals surface area contributed by atoms with Crippen LogP contribution in [0.3, 0.4) is 0 Å². The summed E-state index contributed by atoms with van der Waals surface area (Å²) in [5.74, 6) is -2.10. The normalized spacial score (nSPS) is 22.0. The summed E-state index contributed by atoms with van der Waals surface area (Å²) in [5.41, 5.74) is 0. The van der Waals surface area contributed by atoms with E-state index >= 15 is 0 Å². The highest BCUT2D eigenvalue weighted by molar-refractivity contribution is 7.89. The Bertz CT molecular complexity index is 872. The minimum absolute atomic E-state index is 0.0790. The first-order chi connectivity index (χ1) is 13.2. The van der Waals surface area contributed by atoms with E-state index in [1.54, 1.807) is 0 Å². The molecule has 0 spiro atoms. The van der Waals surface area contributed by atoms with Crippen molar-refractivity contribution in [2.24, 2.45) is 0 Å². The number of hydrogen-bond donors (Lipinski definition) is 2. The zero-order valence-corrected chi connectivity index (χ0v) is 16.3. The average Bonchev–Trinajstić information content (AvgIpc) is 2.92. The van der Waals surface area contributed by atoms with Crippen molar-refractivity contribution >= 4 is 22.0 Å². The molecule has 28 heavy (non-hydrogen) atoms. The third kappa shape index (κ3) is 4.01. The molecule has 2 saturated heterocycles. The molecule has 3 amide bonds. The maximum Gasteiger partial charge on any atom is 0.329 e. The van der Waals surface area contributed by atoms with Gasteiger partial charge in [0.1, 0.15) is 22.6 Å². The maximum atomic E-state index is 13.9. The van der Waals surface area contributed by atoms with E-state index < -0.39 is 38.6 Å². The summed E-state index contributed by atoms with van der Waals surface area (Å²) in [7, 11) is -4.16. The van der Waals surface area contributed by atoms with Gasteiger partial charge in [-0.05, 0) is 24.6 Å². The van der Waals surface area contributed by atoms with Gasteiger partial charge in [-0.3, -0.25) is 4.79 Å². The lowest BCUT2D eigenvalue weighted by Crippen LogP contribution is -3.16. The van der Waals surface area contributed by atoms with E-state index in [-0.39, 0.29) is 25.7 Å². The van der Waals surface area contributed by atoms with Crippen molar-refractivity contribution in [1.82, 2.24) is 14.5 Å². The Labute approximate surface area is 162 Å². The fourth-order valence-corrected chi connectivity index (χ4v) is 4.97. The highest BCUT2D eigenvalue weighted by atomic mass is 32.2. The number of carbonyl (C=O) groups excluding carboxylic acids is 2. The number of nitrogens with zero attached hydrogens (tertiary/aromatic N) is 2. The Hall–Kier alpha value is -2.11. The highest BCUT2D eigenvalue weighted by Gasteiger charge is 2.40. The second-order valence-corrected chi connectivity index (χ2v) is 8.85. The Balaban J connectivity index is 1.62. The van der Waals surface area contributed by atoms with Crippen LogP contribution in [0.1, 0.15) is 19.8 Å². The Kier molecular flexibility index (Phi) is 5.96. The van der Waals surface area contributed by atoms with Gasteiger partial charge in [-0.15, -0.1) is 0 Å². The van der Waals surface area contributed by atoms with Crippen molar-refractivity contribution in [2.75, 3.05) is 32.8 Å². The van der Waals surface area contributed by atoms with Gasteiger partial charge in [0, 0.05) is 0 Å². The second-order valence-electron chi connectivity index (χ2n) is 6.94. The van der Waals surface area contributed by atoms with Crippen LogP contribution in [0.2, 0.25) is 0 Å². The molecule has 1 aromatic carbocycles. The number of rotatable bonds is 6. The van der Waals surface area contributed by atoms with E-state index in [1.807, 2.05) is 6.92 Å². The molecule has 11 heteroatoms. The van der Waals surface area contributed by atoms with Crippen LogP contribution in [0.25, 0.3) is 0 Å². The van der Waals surface area contributed by atoms with Crippen molar-refractivity contribution in [1.29, 1.82) is 0 Å². The molecular weight excluding hydrogens is 394 g/mol. The summed E-state index contributed by atoms with van der Waals surface area (Å²) in [4.78, 5) is 25.7.